The number of imide groups is 1. The van der Waals surface area contributed by atoms with Crippen LogP contribution >= 0.6 is 11.6 Å². The molecule has 0 aromatic heterocycles. The molecular weight excluding hydrogens is 434 g/mol. The van der Waals surface area contributed by atoms with Crippen LogP contribution in [0.1, 0.15) is 29.3 Å². The molecule has 9 heteroatoms. The van der Waals surface area contributed by atoms with Crippen LogP contribution in [0.3, 0.4) is 0 Å². The van der Waals surface area contributed by atoms with Crippen molar-refractivity contribution in [3.05, 3.63) is 86.9 Å². The molecule has 2 aliphatic rings. The molecule has 0 unspecified atom stereocenters. The molecule has 1 aliphatic heterocycles. The van der Waals surface area contributed by atoms with E-state index in [0.717, 1.165) is 16.1 Å². The van der Waals surface area contributed by atoms with Crippen LogP contribution in [-0.4, -0.2) is 32.7 Å². The number of allylic oxidation sites excluding steroid dienone is 2. The summed E-state index contributed by atoms with van der Waals surface area (Å²) in [5.74, 6) is -2.77. The van der Waals surface area contributed by atoms with Gasteiger partial charge in [-0.15, -0.1) is 0 Å². The maximum absolute atomic E-state index is 13.5. The Balaban J connectivity index is 1.74. The van der Waals surface area contributed by atoms with E-state index in [4.69, 9.17) is 11.6 Å². The minimum atomic E-state index is -0.676. The highest BCUT2D eigenvalue weighted by molar-refractivity contribution is 6.30. The highest BCUT2D eigenvalue weighted by atomic mass is 35.5. The Morgan fingerprint density at radius 2 is 1.91 bits per heavy atom. The molecule has 3 amide bonds. The SMILES string of the molecule is C[C@@H]1C=CC[C@@H]2C(=O)N(N(Cc3ccc(Cl)cc3)C(=O)c3cccc([N+](=O)[O-])c3)C(=O)[C@@H]12. The van der Waals surface area contributed by atoms with Crippen LogP contribution in [0.15, 0.2) is 60.7 Å². The predicted molar refractivity (Wildman–Crippen MR) is 116 cm³/mol. The van der Waals surface area contributed by atoms with Crippen molar-refractivity contribution >= 4 is 35.0 Å². The van der Waals surface area contributed by atoms with Gasteiger partial charge < -0.3 is 0 Å². The van der Waals surface area contributed by atoms with Crippen LogP contribution in [0.5, 0.6) is 0 Å². The number of hydrogen-bond donors (Lipinski definition) is 0. The fourth-order valence-corrected chi connectivity index (χ4v) is 4.39. The molecule has 1 fully saturated rings. The molecule has 1 aliphatic carbocycles. The van der Waals surface area contributed by atoms with Gasteiger partial charge in [-0.25, -0.2) is 5.01 Å². The fourth-order valence-electron chi connectivity index (χ4n) is 4.27. The van der Waals surface area contributed by atoms with Crippen molar-refractivity contribution in [2.45, 2.75) is 19.9 Å². The van der Waals surface area contributed by atoms with Gasteiger partial charge in [0.05, 0.1) is 23.3 Å². The monoisotopic (exact) mass is 453 g/mol. The zero-order chi connectivity index (χ0) is 23.0. The van der Waals surface area contributed by atoms with Crippen LogP contribution < -0.4 is 0 Å². The van der Waals surface area contributed by atoms with Crippen molar-refractivity contribution in [2.24, 2.45) is 17.8 Å². The first-order valence-electron chi connectivity index (χ1n) is 10.1. The molecule has 4 rings (SSSR count). The summed E-state index contributed by atoms with van der Waals surface area (Å²) in [6.45, 7) is 1.80. The van der Waals surface area contributed by atoms with E-state index in [0.29, 0.717) is 17.0 Å². The Bertz CT molecular complexity index is 1130. The molecular formula is C23H20ClN3O5. The second-order valence-electron chi connectivity index (χ2n) is 7.94. The zero-order valence-corrected chi connectivity index (χ0v) is 17.9. The van der Waals surface area contributed by atoms with Gasteiger partial charge in [0.2, 0.25) is 0 Å². The second kappa shape index (κ2) is 8.55. The van der Waals surface area contributed by atoms with Gasteiger partial charge in [-0.05, 0) is 36.1 Å². The van der Waals surface area contributed by atoms with Gasteiger partial charge in [0.1, 0.15) is 0 Å². The summed E-state index contributed by atoms with van der Waals surface area (Å²) < 4.78 is 0. The number of rotatable bonds is 5. The Morgan fingerprint density at radius 1 is 1.19 bits per heavy atom. The highest BCUT2D eigenvalue weighted by Crippen LogP contribution is 2.39. The number of carbonyl (C=O) groups excluding carboxylic acids is 3. The van der Waals surface area contributed by atoms with E-state index in [1.165, 1.54) is 18.2 Å². The second-order valence-corrected chi connectivity index (χ2v) is 8.38. The number of nitro benzene ring substituents is 1. The number of hydrazine groups is 1. The predicted octanol–water partition coefficient (Wildman–Crippen LogP) is 4.00. The average molecular weight is 454 g/mol. The first kappa shape index (κ1) is 21.7. The molecule has 0 spiro atoms. The molecule has 0 bridgehead atoms. The van der Waals surface area contributed by atoms with Gasteiger partial charge in [-0.1, -0.05) is 48.9 Å². The summed E-state index contributed by atoms with van der Waals surface area (Å²) in [6, 6.07) is 11.9. The molecule has 164 valence electrons. The van der Waals surface area contributed by atoms with E-state index in [-0.39, 0.29) is 23.7 Å². The molecule has 1 heterocycles. The lowest BCUT2D eigenvalue weighted by atomic mass is 9.78. The number of amides is 3. The Morgan fingerprint density at radius 3 is 2.56 bits per heavy atom. The molecule has 2 aromatic carbocycles. The third kappa shape index (κ3) is 3.89. The molecule has 2 aromatic rings. The van der Waals surface area contributed by atoms with Crippen molar-refractivity contribution in [2.75, 3.05) is 0 Å². The van der Waals surface area contributed by atoms with Gasteiger partial charge in [0.15, 0.2) is 0 Å². The quantitative estimate of drug-likeness (QED) is 0.295. The normalized spacial score (nSPS) is 22.1. The lowest BCUT2D eigenvalue weighted by molar-refractivity contribution is -0.384. The van der Waals surface area contributed by atoms with Crippen molar-refractivity contribution in [3.63, 3.8) is 0 Å². The minimum absolute atomic E-state index is 0.00908. The number of nitrogens with zero attached hydrogens (tertiary/aromatic N) is 3. The van der Waals surface area contributed by atoms with Crippen LogP contribution in [0.2, 0.25) is 5.02 Å². The largest absolute Gasteiger partial charge is 0.273 e. The number of benzene rings is 2. The minimum Gasteiger partial charge on any atom is -0.272 e. The molecule has 8 nitrogen and oxygen atoms in total. The zero-order valence-electron chi connectivity index (χ0n) is 17.2. The van der Waals surface area contributed by atoms with Gasteiger partial charge >= 0.3 is 0 Å². The topological polar surface area (TPSA) is 101 Å². The number of non-ortho nitro benzene ring substituents is 1. The maximum atomic E-state index is 13.5. The summed E-state index contributed by atoms with van der Waals surface area (Å²) in [4.78, 5) is 50.6. The average Bonchev–Trinajstić information content (AvgIpc) is 3.04. The van der Waals surface area contributed by atoms with Gasteiger partial charge in [-0.3, -0.25) is 24.5 Å². The van der Waals surface area contributed by atoms with E-state index < -0.39 is 34.5 Å². The molecule has 0 saturated carbocycles. The highest BCUT2D eigenvalue weighted by Gasteiger charge is 2.53. The van der Waals surface area contributed by atoms with Crippen molar-refractivity contribution < 1.29 is 19.3 Å². The van der Waals surface area contributed by atoms with Crippen LogP contribution in [0.4, 0.5) is 5.69 Å². The van der Waals surface area contributed by atoms with Gasteiger partial charge in [-0.2, -0.15) is 5.01 Å². The number of halogens is 1. The molecule has 3 atom stereocenters. The third-order valence-corrected chi connectivity index (χ3v) is 6.13. The summed E-state index contributed by atoms with van der Waals surface area (Å²) >= 11 is 5.96. The van der Waals surface area contributed by atoms with E-state index in [9.17, 15) is 24.5 Å². The van der Waals surface area contributed by atoms with Crippen molar-refractivity contribution in [1.29, 1.82) is 0 Å². The third-order valence-electron chi connectivity index (χ3n) is 5.87. The number of carbonyl (C=O) groups is 3. The van der Waals surface area contributed by atoms with Crippen LogP contribution in [-0.2, 0) is 16.1 Å². The Hall–Kier alpha value is -3.52. The molecule has 32 heavy (non-hydrogen) atoms. The van der Waals surface area contributed by atoms with E-state index in [1.54, 1.807) is 24.3 Å². The number of nitro groups is 1. The first-order valence-corrected chi connectivity index (χ1v) is 10.5. The van der Waals surface area contributed by atoms with E-state index in [2.05, 4.69) is 0 Å². The standard InChI is InChI=1S/C23H20ClN3O5/c1-14-4-2-7-19-20(14)23(30)26(22(19)29)25(13-15-8-10-17(24)11-9-15)21(28)16-5-3-6-18(12-16)27(31)32/h2-6,8-12,14,19-20H,7,13H2,1H3/t14-,19+,20+/m1/s1. The maximum Gasteiger partial charge on any atom is 0.273 e. The summed E-state index contributed by atoms with van der Waals surface area (Å²) in [5, 5.41) is 13.7. The summed E-state index contributed by atoms with van der Waals surface area (Å²) in [6.07, 6.45) is 4.21. The Kier molecular flexibility index (Phi) is 5.80. The van der Waals surface area contributed by atoms with Crippen molar-refractivity contribution in [3.8, 4) is 0 Å². The van der Waals surface area contributed by atoms with E-state index in [1.807, 2.05) is 19.1 Å². The van der Waals surface area contributed by atoms with Crippen LogP contribution in [0, 0.1) is 27.9 Å². The number of hydrogen-bond acceptors (Lipinski definition) is 5. The molecule has 1 saturated heterocycles. The van der Waals surface area contributed by atoms with Gasteiger partial charge in [0.25, 0.3) is 23.4 Å². The Labute approximate surface area is 189 Å². The summed E-state index contributed by atoms with van der Waals surface area (Å²) in [5.41, 5.74) is 0.400. The van der Waals surface area contributed by atoms with Gasteiger partial charge in [0, 0.05) is 22.7 Å². The lowest BCUT2D eigenvalue weighted by Crippen LogP contribution is -2.50. The number of fused-ring (bicyclic) bond motifs is 1. The van der Waals surface area contributed by atoms with E-state index >= 15 is 0 Å². The fraction of sp³-hybridized carbons (Fsp3) is 0.261. The first-order chi connectivity index (χ1) is 15.3. The van der Waals surface area contributed by atoms with Crippen LogP contribution in [0.25, 0.3) is 0 Å². The molecule has 0 radical (unpaired) electrons. The molecule has 0 N–H and O–H groups in total. The lowest BCUT2D eigenvalue weighted by Gasteiger charge is -2.31. The van der Waals surface area contributed by atoms with Crippen molar-refractivity contribution in [1.82, 2.24) is 10.0 Å². The smallest absolute Gasteiger partial charge is 0.272 e. The summed E-state index contributed by atoms with van der Waals surface area (Å²) in [7, 11) is 0.